The number of amides is 1. The van der Waals surface area contributed by atoms with Gasteiger partial charge in [-0.25, -0.2) is 4.99 Å². The van der Waals surface area contributed by atoms with E-state index in [1.54, 1.807) is 0 Å². The lowest BCUT2D eigenvalue weighted by Crippen LogP contribution is -2.54. The van der Waals surface area contributed by atoms with Crippen molar-refractivity contribution in [2.45, 2.75) is 40.3 Å². The van der Waals surface area contributed by atoms with Gasteiger partial charge in [0.2, 0.25) is 5.91 Å². The summed E-state index contributed by atoms with van der Waals surface area (Å²) in [7, 11) is 4.12. The van der Waals surface area contributed by atoms with Crippen molar-refractivity contribution < 1.29 is 4.79 Å². The number of nitrogens with one attached hydrogen (secondary N) is 2. The van der Waals surface area contributed by atoms with Gasteiger partial charge in [-0.05, 0) is 51.0 Å². The van der Waals surface area contributed by atoms with Crippen LogP contribution in [0.25, 0.3) is 0 Å². The highest BCUT2D eigenvalue weighted by Gasteiger charge is 2.21. The van der Waals surface area contributed by atoms with Gasteiger partial charge in [0.15, 0.2) is 5.96 Å². The van der Waals surface area contributed by atoms with Crippen molar-refractivity contribution in [2.24, 2.45) is 4.99 Å². The summed E-state index contributed by atoms with van der Waals surface area (Å²) >= 11 is 0. The minimum atomic E-state index is 0.102. The lowest BCUT2D eigenvalue weighted by Gasteiger charge is -2.36. The van der Waals surface area contributed by atoms with Gasteiger partial charge in [-0.2, -0.15) is 0 Å². The Morgan fingerprint density at radius 2 is 1.90 bits per heavy atom. The molecule has 1 fully saturated rings. The Hall–Kier alpha value is -2.28. The van der Waals surface area contributed by atoms with E-state index in [1.807, 2.05) is 13.8 Å². The Kier molecular flexibility index (Phi) is 8.76. The van der Waals surface area contributed by atoms with Gasteiger partial charge in [-0.3, -0.25) is 9.69 Å². The van der Waals surface area contributed by atoms with Crippen LogP contribution in [0.5, 0.6) is 0 Å². The third kappa shape index (κ3) is 7.24. The van der Waals surface area contributed by atoms with Crippen LogP contribution in [-0.2, 0) is 11.3 Å². The molecule has 0 saturated carbocycles. The zero-order valence-corrected chi connectivity index (χ0v) is 19.0. The van der Waals surface area contributed by atoms with Crippen molar-refractivity contribution in [3.8, 4) is 0 Å². The van der Waals surface area contributed by atoms with Gasteiger partial charge in [0.25, 0.3) is 0 Å². The van der Waals surface area contributed by atoms with E-state index in [1.165, 1.54) is 16.8 Å². The van der Waals surface area contributed by atoms with Crippen LogP contribution in [0.2, 0.25) is 0 Å². The molecule has 0 atom stereocenters. The van der Waals surface area contributed by atoms with Crippen LogP contribution in [0.4, 0.5) is 5.69 Å². The molecule has 0 aromatic heterocycles. The topological polar surface area (TPSA) is 63.2 Å². The molecule has 1 aliphatic heterocycles. The largest absolute Gasteiger partial charge is 0.378 e. The fourth-order valence-corrected chi connectivity index (χ4v) is 3.41. The summed E-state index contributed by atoms with van der Waals surface area (Å²) in [6, 6.07) is 6.71. The van der Waals surface area contributed by atoms with Crippen molar-refractivity contribution in [2.75, 3.05) is 58.3 Å². The number of aryl methyl sites for hydroxylation is 1. The summed E-state index contributed by atoms with van der Waals surface area (Å²) in [6.07, 6.45) is 0. The molecule has 1 amide bonds. The smallest absolute Gasteiger partial charge is 0.234 e. The predicted octanol–water partition coefficient (Wildman–Crippen LogP) is 1.67. The number of guanidine groups is 1. The number of anilines is 1. The van der Waals surface area contributed by atoms with Gasteiger partial charge < -0.3 is 20.4 Å². The normalized spacial score (nSPS) is 15.6. The number of rotatable bonds is 7. The zero-order chi connectivity index (χ0) is 21.4. The summed E-state index contributed by atoms with van der Waals surface area (Å²) in [5.41, 5.74) is 3.71. The third-order valence-electron chi connectivity index (χ3n) is 5.07. The highest BCUT2D eigenvalue weighted by atomic mass is 16.2. The van der Waals surface area contributed by atoms with Gasteiger partial charge in [0, 0.05) is 58.5 Å². The van der Waals surface area contributed by atoms with Gasteiger partial charge in [0.05, 0.1) is 13.1 Å². The summed E-state index contributed by atoms with van der Waals surface area (Å²) in [4.78, 5) is 23.5. The van der Waals surface area contributed by atoms with E-state index in [0.717, 1.165) is 38.7 Å². The minimum absolute atomic E-state index is 0.102. The zero-order valence-electron chi connectivity index (χ0n) is 19.0. The molecule has 162 valence electrons. The molecule has 2 rings (SSSR count). The van der Waals surface area contributed by atoms with E-state index < -0.39 is 0 Å². The second-order valence-electron chi connectivity index (χ2n) is 8.16. The van der Waals surface area contributed by atoms with E-state index in [4.69, 9.17) is 4.99 Å². The number of carbonyl (C=O) groups is 1. The van der Waals surface area contributed by atoms with E-state index in [0.29, 0.717) is 13.1 Å². The molecular formula is C22H38N6O. The SMILES string of the molecule is CCNC(=NCc1ccc(N(C)C)cc1C)N1CCN(CC(=O)NC(C)C)CC1. The first-order valence-corrected chi connectivity index (χ1v) is 10.6. The Balaban J connectivity index is 1.95. The molecule has 7 nitrogen and oxygen atoms in total. The van der Waals surface area contributed by atoms with Gasteiger partial charge in [0.1, 0.15) is 0 Å². The molecule has 0 aliphatic carbocycles. The van der Waals surface area contributed by atoms with Crippen LogP contribution in [0.15, 0.2) is 23.2 Å². The van der Waals surface area contributed by atoms with Gasteiger partial charge in [-0.1, -0.05) is 6.07 Å². The van der Waals surface area contributed by atoms with Crippen LogP contribution >= 0.6 is 0 Å². The van der Waals surface area contributed by atoms with E-state index >= 15 is 0 Å². The van der Waals surface area contributed by atoms with Crippen LogP contribution in [0, 0.1) is 6.92 Å². The Labute approximate surface area is 176 Å². The Morgan fingerprint density at radius 1 is 1.21 bits per heavy atom. The number of piperazine rings is 1. The van der Waals surface area contributed by atoms with E-state index in [-0.39, 0.29) is 11.9 Å². The molecule has 1 aliphatic rings. The highest BCUT2D eigenvalue weighted by Crippen LogP contribution is 2.18. The molecule has 2 N–H and O–H groups in total. The van der Waals surface area contributed by atoms with Crippen molar-refractivity contribution in [1.82, 2.24) is 20.4 Å². The first kappa shape index (κ1) is 23.0. The van der Waals surface area contributed by atoms with E-state index in [9.17, 15) is 4.79 Å². The van der Waals surface area contributed by atoms with Gasteiger partial charge in [-0.15, -0.1) is 0 Å². The number of aliphatic imine (C=N–C) groups is 1. The molecule has 1 aromatic carbocycles. The molecular weight excluding hydrogens is 364 g/mol. The fraction of sp³-hybridized carbons (Fsp3) is 0.636. The van der Waals surface area contributed by atoms with Crippen LogP contribution < -0.4 is 15.5 Å². The molecule has 0 bridgehead atoms. The molecule has 7 heteroatoms. The molecule has 1 saturated heterocycles. The first-order valence-electron chi connectivity index (χ1n) is 10.6. The molecule has 1 heterocycles. The van der Waals surface area contributed by atoms with Crippen LogP contribution in [0.1, 0.15) is 31.9 Å². The second kappa shape index (κ2) is 11.0. The average molecular weight is 403 g/mol. The summed E-state index contributed by atoms with van der Waals surface area (Å²) in [5.74, 6) is 1.06. The van der Waals surface area contributed by atoms with Crippen LogP contribution in [0.3, 0.4) is 0 Å². The van der Waals surface area contributed by atoms with Crippen molar-refractivity contribution in [1.29, 1.82) is 0 Å². The second-order valence-corrected chi connectivity index (χ2v) is 8.16. The van der Waals surface area contributed by atoms with E-state index in [2.05, 4.69) is 71.5 Å². The standard InChI is InChI=1S/C22H38N6O/c1-7-23-22(24-15-19-8-9-20(26(5)6)14-18(19)4)28-12-10-27(11-13-28)16-21(29)25-17(2)3/h8-9,14,17H,7,10-13,15-16H2,1-6H3,(H,23,24)(H,25,29). The quantitative estimate of drug-likeness (QED) is 0.537. The lowest BCUT2D eigenvalue weighted by molar-refractivity contribution is -0.123. The summed E-state index contributed by atoms with van der Waals surface area (Å²) < 4.78 is 0. The van der Waals surface area contributed by atoms with Crippen molar-refractivity contribution in [3.63, 3.8) is 0 Å². The maximum absolute atomic E-state index is 12.0. The predicted molar refractivity (Wildman–Crippen MR) is 122 cm³/mol. The molecule has 29 heavy (non-hydrogen) atoms. The minimum Gasteiger partial charge on any atom is -0.378 e. The summed E-state index contributed by atoms with van der Waals surface area (Å²) in [5, 5.41) is 6.39. The average Bonchev–Trinajstić information content (AvgIpc) is 2.65. The lowest BCUT2D eigenvalue weighted by atomic mass is 10.1. The Morgan fingerprint density at radius 3 is 2.45 bits per heavy atom. The van der Waals surface area contributed by atoms with Crippen LogP contribution in [-0.4, -0.2) is 81.1 Å². The monoisotopic (exact) mass is 402 g/mol. The number of benzene rings is 1. The maximum atomic E-state index is 12.0. The summed E-state index contributed by atoms with van der Waals surface area (Å²) in [6.45, 7) is 13.7. The molecule has 0 unspecified atom stereocenters. The molecule has 0 spiro atoms. The molecule has 0 radical (unpaired) electrons. The highest BCUT2D eigenvalue weighted by molar-refractivity contribution is 5.80. The fourth-order valence-electron chi connectivity index (χ4n) is 3.41. The number of hydrogen-bond acceptors (Lipinski definition) is 4. The van der Waals surface area contributed by atoms with Gasteiger partial charge >= 0.3 is 0 Å². The molecule has 1 aromatic rings. The van der Waals surface area contributed by atoms with Crippen molar-refractivity contribution in [3.05, 3.63) is 29.3 Å². The van der Waals surface area contributed by atoms with Crippen molar-refractivity contribution >= 4 is 17.6 Å². The number of hydrogen-bond donors (Lipinski definition) is 2. The first-order chi connectivity index (χ1) is 13.8. The third-order valence-corrected chi connectivity index (χ3v) is 5.07. The maximum Gasteiger partial charge on any atom is 0.234 e. The number of nitrogens with zero attached hydrogens (tertiary/aromatic N) is 4. The number of carbonyl (C=O) groups excluding carboxylic acids is 1. The Bertz CT molecular complexity index is 693.